The predicted octanol–water partition coefficient (Wildman–Crippen LogP) is 5.20. The topological polar surface area (TPSA) is 84.3 Å². The molecule has 3 aromatic rings. The van der Waals surface area contributed by atoms with E-state index in [9.17, 15) is 22.4 Å². The van der Waals surface area contributed by atoms with E-state index in [1.54, 1.807) is 25.1 Å². The lowest BCUT2D eigenvalue weighted by Crippen LogP contribution is -2.45. The van der Waals surface area contributed by atoms with Crippen LogP contribution in [0, 0.1) is 5.82 Å². The van der Waals surface area contributed by atoms with E-state index in [1.807, 2.05) is 29.8 Å². The number of carbonyl (C=O) groups is 1. The number of fused-ring (bicyclic) bond motifs is 2. The Kier molecular flexibility index (Phi) is 7.95. The number of halogens is 4. The van der Waals surface area contributed by atoms with E-state index in [1.165, 1.54) is 6.07 Å². The maximum Gasteiger partial charge on any atom is 0.390 e. The Morgan fingerprint density at radius 1 is 1.20 bits per heavy atom. The minimum absolute atomic E-state index is 0.0884. The molecule has 3 heterocycles. The summed E-state index contributed by atoms with van der Waals surface area (Å²) in [7, 11) is 1.77. The van der Waals surface area contributed by atoms with Crippen molar-refractivity contribution >= 4 is 11.9 Å². The van der Waals surface area contributed by atoms with Gasteiger partial charge in [0.1, 0.15) is 0 Å². The SMILES string of the molecule is CCOc1cc(C(C)N2CC3(CC3)c3c(CNCCC(F)(F)F)cc(Cn4ccnc4NC)cc3C2=O)ncc1F. The lowest BCUT2D eigenvalue weighted by molar-refractivity contribution is -0.133. The zero-order chi connectivity index (χ0) is 29.4. The van der Waals surface area contributed by atoms with Crippen LogP contribution in [0.4, 0.5) is 23.5 Å². The second-order valence-electron chi connectivity index (χ2n) is 10.7. The summed E-state index contributed by atoms with van der Waals surface area (Å²) in [5, 5.41) is 5.98. The molecule has 1 amide bonds. The molecule has 1 aromatic carbocycles. The summed E-state index contributed by atoms with van der Waals surface area (Å²) in [5.74, 6) is -0.0117. The van der Waals surface area contributed by atoms with Crippen LogP contribution in [0.5, 0.6) is 5.75 Å². The third kappa shape index (κ3) is 6.02. The van der Waals surface area contributed by atoms with Crippen molar-refractivity contribution in [1.29, 1.82) is 0 Å². The van der Waals surface area contributed by atoms with Gasteiger partial charge in [0.05, 0.1) is 37.5 Å². The Bertz CT molecular complexity index is 1420. The molecule has 1 spiro atoms. The first-order valence-corrected chi connectivity index (χ1v) is 13.8. The largest absolute Gasteiger partial charge is 0.491 e. The fraction of sp³-hybridized carbons (Fsp3) is 0.483. The number of imidazole rings is 1. The summed E-state index contributed by atoms with van der Waals surface area (Å²) in [4.78, 5) is 24.4. The number of nitrogens with zero attached hydrogens (tertiary/aromatic N) is 4. The van der Waals surface area contributed by atoms with E-state index < -0.39 is 24.5 Å². The van der Waals surface area contributed by atoms with Crippen molar-refractivity contribution < 1.29 is 27.1 Å². The van der Waals surface area contributed by atoms with Crippen molar-refractivity contribution in [3.05, 3.63) is 70.6 Å². The molecule has 1 atom stereocenters. The zero-order valence-electron chi connectivity index (χ0n) is 23.3. The van der Waals surface area contributed by atoms with E-state index in [-0.39, 0.29) is 30.2 Å². The third-order valence-corrected chi connectivity index (χ3v) is 7.86. The average Bonchev–Trinajstić information content (AvgIpc) is 3.56. The van der Waals surface area contributed by atoms with Gasteiger partial charge >= 0.3 is 6.18 Å². The molecule has 41 heavy (non-hydrogen) atoms. The van der Waals surface area contributed by atoms with Gasteiger partial charge in [-0.2, -0.15) is 13.2 Å². The van der Waals surface area contributed by atoms with E-state index >= 15 is 0 Å². The zero-order valence-corrected chi connectivity index (χ0v) is 23.3. The van der Waals surface area contributed by atoms with Gasteiger partial charge in [0.2, 0.25) is 5.95 Å². The Labute approximate surface area is 236 Å². The lowest BCUT2D eigenvalue weighted by Gasteiger charge is -2.39. The van der Waals surface area contributed by atoms with E-state index in [0.717, 1.165) is 35.7 Å². The molecule has 0 radical (unpaired) electrons. The van der Waals surface area contributed by atoms with Gasteiger partial charge in [-0.05, 0) is 49.4 Å². The van der Waals surface area contributed by atoms with Gasteiger partial charge in [-0.3, -0.25) is 9.78 Å². The van der Waals surface area contributed by atoms with E-state index in [0.29, 0.717) is 36.9 Å². The van der Waals surface area contributed by atoms with Gasteiger partial charge in [-0.15, -0.1) is 0 Å². The molecule has 2 N–H and O–H groups in total. The van der Waals surface area contributed by atoms with Crippen molar-refractivity contribution in [2.24, 2.45) is 0 Å². The van der Waals surface area contributed by atoms with E-state index in [4.69, 9.17) is 4.74 Å². The second kappa shape index (κ2) is 11.3. The number of rotatable bonds is 11. The highest BCUT2D eigenvalue weighted by Gasteiger charge is 2.53. The molecule has 1 saturated carbocycles. The Balaban J connectivity index is 1.51. The molecule has 1 aliphatic carbocycles. The van der Waals surface area contributed by atoms with Gasteiger partial charge in [0.15, 0.2) is 11.6 Å². The number of ether oxygens (including phenoxy) is 1. The Hall–Kier alpha value is -3.67. The van der Waals surface area contributed by atoms with Crippen LogP contribution < -0.4 is 15.4 Å². The predicted molar refractivity (Wildman–Crippen MR) is 145 cm³/mol. The molecule has 5 rings (SSSR count). The smallest absolute Gasteiger partial charge is 0.390 e. The first-order valence-electron chi connectivity index (χ1n) is 13.8. The van der Waals surface area contributed by atoms with Gasteiger partial charge < -0.3 is 24.8 Å². The number of nitrogens with one attached hydrogen (secondary N) is 2. The highest BCUT2D eigenvalue weighted by Crippen LogP contribution is 2.55. The van der Waals surface area contributed by atoms with Crippen molar-refractivity contribution in [3.8, 4) is 5.75 Å². The van der Waals surface area contributed by atoms with Crippen molar-refractivity contribution in [2.45, 2.75) is 63.8 Å². The maximum absolute atomic E-state index is 14.2. The summed E-state index contributed by atoms with van der Waals surface area (Å²) in [5.41, 5.74) is 3.36. The highest BCUT2D eigenvalue weighted by atomic mass is 19.4. The Morgan fingerprint density at radius 3 is 2.66 bits per heavy atom. The summed E-state index contributed by atoms with van der Waals surface area (Å²) >= 11 is 0. The summed E-state index contributed by atoms with van der Waals surface area (Å²) in [6, 6.07) is 4.96. The van der Waals surface area contributed by atoms with Crippen LogP contribution >= 0.6 is 0 Å². The molecule has 1 unspecified atom stereocenters. The normalized spacial score (nSPS) is 16.6. The summed E-state index contributed by atoms with van der Waals surface area (Å²) in [6.07, 6.45) is 1.14. The number of benzene rings is 1. The lowest BCUT2D eigenvalue weighted by atomic mass is 9.81. The monoisotopic (exact) mass is 574 g/mol. The molecule has 2 aliphatic rings. The molecule has 0 bridgehead atoms. The van der Waals surface area contributed by atoms with Crippen molar-refractivity contribution in [3.63, 3.8) is 0 Å². The van der Waals surface area contributed by atoms with Crippen LogP contribution in [0.2, 0.25) is 0 Å². The summed E-state index contributed by atoms with van der Waals surface area (Å²) < 4.78 is 59.9. The molecule has 12 heteroatoms. The van der Waals surface area contributed by atoms with Gasteiger partial charge in [0.25, 0.3) is 5.91 Å². The number of alkyl halides is 3. The minimum atomic E-state index is -4.25. The first-order chi connectivity index (χ1) is 19.5. The van der Waals surface area contributed by atoms with Crippen molar-refractivity contribution in [2.75, 3.05) is 32.1 Å². The molecule has 1 aliphatic heterocycles. The molecular weight excluding hydrogens is 540 g/mol. The van der Waals surface area contributed by atoms with Gasteiger partial charge in [-0.1, -0.05) is 6.07 Å². The third-order valence-electron chi connectivity index (χ3n) is 7.86. The standard InChI is InChI=1S/C29H34F4N6O2/c1-4-41-24-13-23(37-15-22(24)30)18(2)39-17-28(5-6-28)25-20(14-35-8-7-29(31,32)33)11-19(12-21(25)26(39)40)16-38-10-9-36-27(38)34-3/h9-13,15,18,35H,4-8,14,16-17H2,1-3H3,(H,34,36). The highest BCUT2D eigenvalue weighted by molar-refractivity contribution is 5.98. The molecule has 8 nitrogen and oxygen atoms in total. The fourth-order valence-corrected chi connectivity index (χ4v) is 5.70. The molecular formula is C29H34F4N6O2. The first kappa shape index (κ1) is 28.8. The summed E-state index contributed by atoms with van der Waals surface area (Å²) in [6.45, 7) is 4.80. The van der Waals surface area contributed by atoms with Crippen LogP contribution in [-0.2, 0) is 18.5 Å². The van der Waals surface area contributed by atoms with Gasteiger partial charge in [-0.25, -0.2) is 9.37 Å². The number of hydrogen-bond donors (Lipinski definition) is 2. The quantitative estimate of drug-likeness (QED) is 0.242. The number of anilines is 1. The van der Waals surface area contributed by atoms with Crippen molar-refractivity contribution in [1.82, 2.24) is 24.8 Å². The fourth-order valence-electron chi connectivity index (χ4n) is 5.70. The molecule has 220 valence electrons. The van der Waals surface area contributed by atoms with E-state index in [2.05, 4.69) is 20.6 Å². The molecule has 2 aromatic heterocycles. The van der Waals surface area contributed by atoms with Crippen LogP contribution in [0.3, 0.4) is 0 Å². The number of pyridine rings is 1. The van der Waals surface area contributed by atoms with Crippen LogP contribution in [-0.4, -0.2) is 58.3 Å². The van der Waals surface area contributed by atoms with Crippen LogP contribution in [0.1, 0.15) is 71.9 Å². The Morgan fingerprint density at radius 2 is 1.98 bits per heavy atom. The van der Waals surface area contributed by atoms with Crippen LogP contribution in [0.25, 0.3) is 0 Å². The molecule has 1 fully saturated rings. The van der Waals surface area contributed by atoms with Crippen LogP contribution in [0.15, 0.2) is 36.8 Å². The maximum atomic E-state index is 14.2. The number of aromatic nitrogens is 3. The molecule has 0 saturated heterocycles. The second-order valence-corrected chi connectivity index (χ2v) is 10.7. The number of amides is 1. The number of hydrogen-bond acceptors (Lipinski definition) is 6. The average molecular weight is 575 g/mol. The van der Waals surface area contributed by atoms with Gasteiger partial charge in [0, 0.05) is 56.1 Å². The number of carbonyl (C=O) groups excluding carboxylic acids is 1. The minimum Gasteiger partial charge on any atom is -0.491 e.